The van der Waals surface area contributed by atoms with E-state index in [0.29, 0.717) is 6.42 Å². The minimum atomic E-state index is -0.988. The zero-order chi connectivity index (χ0) is 15.2. The van der Waals surface area contributed by atoms with Crippen LogP contribution < -0.4 is 11.1 Å². The highest BCUT2D eigenvalue weighted by atomic mass is 32.1. The normalized spacial score (nSPS) is 16.4. The zero-order valence-corrected chi connectivity index (χ0v) is 13.0. The first-order valence-electron chi connectivity index (χ1n) is 6.81. The Kier molecular flexibility index (Phi) is 6.01. The number of hydrogen-bond donors (Lipinski definition) is 3. The Morgan fingerprint density at radius 1 is 1.60 bits per heavy atom. The number of thiophene rings is 1. The molecule has 20 heavy (non-hydrogen) atoms. The molecule has 2 unspecified atom stereocenters. The Labute approximate surface area is 123 Å². The van der Waals surface area contributed by atoms with Crippen LogP contribution in [0.3, 0.4) is 0 Å². The third-order valence-electron chi connectivity index (χ3n) is 3.65. The molecule has 0 radical (unpaired) electrons. The Morgan fingerprint density at radius 3 is 2.75 bits per heavy atom. The van der Waals surface area contributed by atoms with Crippen molar-refractivity contribution in [2.75, 3.05) is 0 Å². The van der Waals surface area contributed by atoms with Gasteiger partial charge in [-0.1, -0.05) is 31.5 Å². The van der Waals surface area contributed by atoms with Gasteiger partial charge in [-0.3, -0.25) is 4.79 Å². The standard InChI is InChI=1S/C14H23N3O2S/c1-4-7-10(11-8-6-9-20-11)16-13(18)14(3,5-2)12(15)17-19/h6,8-10,19H,4-5,7H2,1-3H3,(H2,15,17)(H,16,18). The summed E-state index contributed by atoms with van der Waals surface area (Å²) in [7, 11) is 0. The van der Waals surface area contributed by atoms with E-state index in [9.17, 15) is 4.79 Å². The number of nitrogens with zero attached hydrogens (tertiary/aromatic N) is 1. The molecule has 0 aliphatic carbocycles. The van der Waals surface area contributed by atoms with Crippen molar-refractivity contribution in [2.45, 2.75) is 46.1 Å². The number of carbonyl (C=O) groups excluding carboxylic acids is 1. The lowest BCUT2D eigenvalue weighted by Gasteiger charge is -2.28. The predicted molar refractivity (Wildman–Crippen MR) is 81.9 cm³/mol. The van der Waals surface area contributed by atoms with Crippen molar-refractivity contribution in [1.29, 1.82) is 0 Å². The van der Waals surface area contributed by atoms with Gasteiger partial charge in [-0.05, 0) is 31.2 Å². The van der Waals surface area contributed by atoms with Crippen LogP contribution in [-0.2, 0) is 4.79 Å². The van der Waals surface area contributed by atoms with Crippen LogP contribution in [0.1, 0.15) is 51.0 Å². The quantitative estimate of drug-likeness (QED) is 0.313. The smallest absolute Gasteiger partial charge is 0.234 e. The van der Waals surface area contributed by atoms with Crippen LogP contribution in [0.2, 0.25) is 0 Å². The molecule has 1 aromatic rings. The van der Waals surface area contributed by atoms with Crippen LogP contribution in [0.5, 0.6) is 0 Å². The summed E-state index contributed by atoms with van der Waals surface area (Å²) < 4.78 is 0. The largest absolute Gasteiger partial charge is 0.409 e. The van der Waals surface area contributed by atoms with Crippen molar-refractivity contribution >= 4 is 23.1 Å². The maximum Gasteiger partial charge on any atom is 0.234 e. The lowest BCUT2D eigenvalue weighted by Crippen LogP contribution is -2.48. The van der Waals surface area contributed by atoms with E-state index in [0.717, 1.165) is 17.7 Å². The number of carbonyl (C=O) groups is 1. The fourth-order valence-electron chi connectivity index (χ4n) is 1.95. The van der Waals surface area contributed by atoms with Crippen molar-refractivity contribution in [2.24, 2.45) is 16.3 Å². The molecule has 2 atom stereocenters. The number of hydrogen-bond acceptors (Lipinski definition) is 4. The van der Waals surface area contributed by atoms with Crippen LogP contribution in [0.4, 0.5) is 0 Å². The van der Waals surface area contributed by atoms with Gasteiger partial charge in [0.05, 0.1) is 6.04 Å². The highest BCUT2D eigenvalue weighted by molar-refractivity contribution is 7.10. The van der Waals surface area contributed by atoms with Gasteiger partial charge < -0.3 is 16.3 Å². The molecule has 1 heterocycles. The van der Waals surface area contributed by atoms with Gasteiger partial charge in [-0.25, -0.2) is 0 Å². The number of amidine groups is 1. The number of nitrogens with one attached hydrogen (secondary N) is 1. The third kappa shape index (κ3) is 3.50. The summed E-state index contributed by atoms with van der Waals surface area (Å²) in [6, 6.07) is 3.96. The lowest BCUT2D eigenvalue weighted by atomic mass is 9.84. The summed E-state index contributed by atoms with van der Waals surface area (Å²) in [5.41, 5.74) is 4.68. The minimum absolute atomic E-state index is 0.0233. The Bertz CT molecular complexity index is 459. The molecule has 0 saturated heterocycles. The molecular formula is C14H23N3O2S. The summed E-state index contributed by atoms with van der Waals surface area (Å²) in [6.45, 7) is 5.61. The van der Waals surface area contributed by atoms with E-state index in [2.05, 4.69) is 17.4 Å². The molecule has 1 aromatic heterocycles. The zero-order valence-electron chi connectivity index (χ0n) is 12.2. The van der Waals surface area contributed by atoms with Crippen molar-refractivity contribution in [1.82, 2.24) is 5.32 Å². The Hall–Kier alpha value is -1.56. The van der Waals surface area contributed by atoms with E-state index in [1.165, 1.54) is 0 Å². The molecule has 0 spiro atoms. The first-order chi connectivity index (χ1) is 9.49. The second-order valence-corrected chi connectivity index (χ2v) is 5.98. The fraction of sp³-hybridized carbons (Fsp3) is 0.571. The van der Waals surface area contributed by atoms with Crippen molar-refractivity contribution in [3.8, 4) is 0 Å². The van der Waals surface area contributed by atoms with Gasteiger partial charge in [0.15, 0.2) is 5.84 Å². The topological polar surface area (TPSA) is 87.7 Å². The van der Waals surface area contributed by atoms with E-state index in [1.54, 1.807) is 18.3 Å². The van der Waals surface area contributed by atoms with E-state index in [-0.39, 0.29) is 17.8 Å². The van der Waals surface area contributed by atoms with Gasteiger partial charge in [0.25, 0.3) is 0 Å². The predicted octanol–water partition coefficient (Wildman–Crippen LogP) is 2.87. The molecule has 1 amide bonds. The molecular weight excluding hydrogens is 274 g/mol. The van der Waals surface area contributed by atoms with Crippen molar-refractivity contribution < 1.29 is 10.0 Å². The molecule has 5 nitrogen and oxygen atoms in total. The Morgan fingerprint density at radius 2 is 2.30 bits per heavy atom. The summed E-state index contributed by atoms with van der Waals surface area (Å²) in [6.07, 6.45) is 2.30. The molecule has 0 bridgehead atoms. The molecule has 0 aromatic carbocycles. The maximum atomic E-state index is 12.5. The van der Waals surface area contributed by atoms with Crippen LogP contribution in [0.15, 0.2) is 22.7 Å². The molecule has 0 saturated carbocycles. The van der Waals surface area contributed by atoms with E-state index >= 15 is 0 Å². The summed E-state index contributed by atoms with van der Waals surface area (Å²) in [4.78, 5) is 13.6. The van der Waals surface area contributed by atoms with Crippen molar-refractivity contribution in [3.63, 3.8) is 0 Å². The Balaban J connectivity index is 2.90. The first kappa shape index (κ1) is 16.5. The third-order valence-corrected chi connectivity index (χ3v) is 4.64. The highest BCUT2D eigenvalue weighted by Crippen LogP contribution is 2.27. The number of oxime groups is 1. The van der Waals surface area contributed by atoms with Gasteiger partial charge in [0, 0.05) is 4.88 Å². The number of amides is 1. The second-order valence-electron chi connectivity index (χ2n) is 5.00. The maximum absolute atomic E-state index is 12.5. The van der Waals surface area contributed by atoms with E-state index < -0.39 is 5.41 Å². The summed E-state index contributed by atoms with van der Waals surface area (Å²) in [5.74, 6) is -0.263. The molecule has 0 aliphatic heterocycles. The van der Waals surface area contributed by atoms with Gasteiger partial charge >= 0.3 is 0 Å². The second kappa shape index (κ2) is 7.28. The molecule has 6 heteroatoms. The van der Waals surface area contributed by atoms with Gasteiger partial charge in [-0.15, -0.1) is 11.3 Å². The number of nitrogens with two attached hydrogens (primary N) is 1. The molecule has 0 aliphatic rings. The van der Waals surface area contributed by atoms with Gasteiger partial charge in [0.2, 0.25) is 5.91 Å². The van der Waals surface area contributed by atoms with Crippen LogP contribution in [0.25, 0.3) is 0 Å². The van der Waals surface area contributed by atoms with Crippen molar-refractivity contribution in [3.05, 3.63) is 22.4 Å². The van der Waals surface area contributed by atoms with Gasteiger partial charge in [0.1, 0.15) is 5.41 Å². The monoisotopic (exact) mass is 297 g/mol. The first-order valence-corrected chi connectivity index (χ1v) is 7.69. The average molecular weight is 297 g/mol. The summed E-state index contributed by atoms with van der Waals surface area (Å²) >= 11 is 1.62. The molecule has 112 valence electrons. The average Bonchev–Trinajstić information content (AvgIpc) is 2.98. The van der Waals surface area contributed by atoms with E-state index in [1.807, 2.05) is 24.4 Å². The van der Waals surface area contributed by atoms with Crippen LogP contribution >= 0.6 is 11.3 Å². The number of rotatable bonds is 7. The van der Waals surface area contributed by atoms with Gasteiger partial charge in [-0.2, -0.15) is 0 Å². The fourth-order valence-corrected chi connectivity index (χ4v) is 2.76. The lowest BCUT2D eigenvalue weighted by molar-refractivity contribution is -0.128. The highest BCUT2D eigenvalue weighted by Gasteiger charge is 2.37. The minimum Gasteiger partial charge on any atom is -0.409 e. The SMILES string of the molecule is CCCC(NC(=O)C(C)(CC)/C(N)=N/O)c1cccs1. The summed E-state index contributed by atoms with van der Waals surface area (Å²) in [5, 5.41) is 16.9. The van der Waals surface area contributed by atoms with Crippen LogP contribution in [-0.4, -0.2) is 17.0 Å². The van der Waals surface area contributed by atoms with E-state index in [4.69, 9.17) is 10.9 Å². The molecule has 1 rings (SSSR count). The molecule has 4 N–H and O–H groups in total. The molecule has 0 fully saturated rings. The van der Waals surface area contributed by atoms with Crippen LogP contribution in [0, 0.1) is 5.41 Å².